The molecule has 8 heteroatoms. The van der Waals surface area contributed by atoms with E-state index in [0.717, 1.165) is 41.0 Å². The molecular formula is C23H27N7O. The second-order valence-corrected chi connectivity index (χ2v) is 7.39. The van der Waals surface area contributed by atoms with E-state index < -0.39 is 0 Å². The van der Waals surface area contributed by atoms with Crippen LogP contribution >= 0.6 is 0 Å². The SMILES string of the molecule is C.Cc1ccc(N2CCc3ncnc(N[C@H](CO)c4cnc(C)nc4)c3C2)c(C#N)c1. The van der Waals surface area contributed by atoms with E-state index in [1.807, 2.05) is 32.0 Å². The van der Waals surface area contributed by atoms with Crippen molar-refractivity contribution in [1.82, 2.24) is 19.9 Å². The van der Waals surface area contributed by atoms with Crippen molar-refractivity contribution in [2.24, 2.45) is 0 Å². The number of hydrogen-bond donors (Lipinski definition) is 2. The van der Waals surface area contributed by atoms with Crippen molar-refractivity contribution in [3.8, 4) is 6.07 Å². The van der Waals surface area contributed by atoms with Crippen LogP contribution in [0.5, 0.6) is 0 Å². The van der Waals surface area contributed by atoms with E-state index in [1.54, 1.807) is 18.7 Å². The monoisotopic (exact) mass is 417 g/mol. The van der Waals surface area contributed by atoms with Crippen molar-refractivity contribution >= 4 is 11.5 Å². The van der Waals surface area contributed by atoms with Crippen molar-refractivity contribution in [2.75, 3.05) is 23.4 Å². The maximum atomic E-state index is 9.93. The van der Waals surface area contributed by atoms with Crippen LogP contribution in [0.1, 0.15) is 47.2 Å². The molecule has 2 aromatic heterocycles. The van der Waals surface area contributed by atoms with Crippen LogP contribution in [0.3, 0.4) is 0 Å². The molecule has 2 N–H and O–H groups in total. The number of aromatic nitrogens is 4. The van der Waals surface area contributed by atoms with Crippen molar-refractivity contribution in [1.29, 1.82) is 5.26 Å². The number of anilines is 2. The van der Waals surface area contributed by atoms with Crippen LogP contribution in [0.15, 0.2) is 36.9 Å². The lowest BCUT2D eigenvalue weighted by atomic mass is 10.0. The van der Waals surface area contributed by atoms with E-state index in [0.29, 0.717) is 23.8 Å². The predicted octanol–water partition coefficient (Wildman–Crippen LogP) is 3.10. The molecule has 160 valence electrons. The molecule has 0 radical (unpaired) electrons. The molecule has 3 heterocycles. The third-order valence-electron chi connectivity index (χ3n) is 5.31. The molecule has 0 saturated heterocycles. The number of nitrogens with one attached hydrogen (secondary N) is 1. The lowest BCUT2D eigenvalue weighted by Gasteiger charge is -2.32. The summed E-state index contributed by atoms with van der Waals surface area (Å²) in [6.07, 6.45) is 5.72. The molecule has 0 unspecified atom stereocenters. The van der Waals surface area contributed by atoms with Gasteiger partial charge < -0.3 is 15.3 Å². The van der Waals surface area contributed by atoms with Gasteiger partial charge in [-0.05, 0) is 31.5 Å². The van der Waals surface area contributed by atoms with Gasteiger partial charge in [-0.3, -0.25) is 0 Å². The van der Waals surface area contributed by atoms with Crippen LogP contribution < -0.4 is 10.2 Å². The third kappa shape index (κ3) is 4.62. The summed E-state index contributed by atoms with van der Waals surface area (Å²) in [5.74, 6) is 1.35. The summed E-state index contributed by atoms with van der Waals surface area (Å²) in [6, 6.07) is 7.85. The van der Waals surface area contributed by atoms with E-state index in [1.165, 1.54) is 0 Å². The van der Waals surface area contributed by atoms with E-state index in [-0.39, 0.29) is 20.1 Å². The second kappa shape index (κ2) is 9.49. The van der Waals surface area contributed by atoms with Crippen molar-refractivity contribution in [2.45, 2.75) is 40.3 Å². The number of hydrogen-bond acceptors (Lipinski definition) is 8. The molecule has 0 saturated carbocycles. The first-order chi connectivity index (χ1) is 14.6. The van der Waals surface area contributed by atoms with Crippen molar-refractivity contribution in [3.05, 3.63) is 70.7 Å². The molecule has 0 aliphatic carbocycles. The van der Waals surface area contributed by atoms with Gasteiger partial charge in [-0.2, -0.15) is 5.26 Å². The first kappa shape index (κ1) is 22.1. The minimum atomic E-state index is -0.381. The molecule has 0 amide bonds. The smallest absolute Gasteiger partial charge is 0.135 e. The number of benzene rings is 1. The van der Waals surface area contributed by atoms with E-state index >= 15 is 0 Å². The number of fused-ring (bicyclic) bond motifs is 1. The molecule has 4 rings (SSSR count). The van der Waals surface area contributed by atoms with E-state index in [2.05, 4.69) is 36.2 Å². The Hall–Kier alpha value is -3.57. The maximum Gasteiger partial charge on any atom is 0.135 e. The fourth-order valence-electron chi connectivity index (χ4n) is 3.67. The molecule has 8 nitrogen and oxygen atoms in total. The minimum Gasteiger partial charge on any atom is -0.394 e. The highest BCUT2D eigenvalue weighted by molar-refractivity contribution is 5.63. The summed E-state index contributed by atoms with van der Waals surface area (Å²) in [7, 11) is 0. The first-order valence-electron chi connectivity index (χ1n) is 9.83. The highest BCUT2D eigenvalue weighted by atomic mass is 16.3. The first-order valence-corrected chi connectivity index (χ1v) is 9.83. The molecule has 0 bridgehead atoms. The summed E-state index contributed by atoms with van der Waals surface area (Å²) in [6.45, 7) is 5.04. The molecule has 1 aliphatic rings. The fourth-order valence-corrected chi connectivity index (χ4v) is 3.67. The largest absolute Gasteiger partial charge is 0.394 e. The zero-order chi connectivity index (χ0) is 21.1. The number of aliphatic hydroxyl groups is 1. The zero-order valence-corrected chi connectivity index (χ0v) is 17.0. The number of aliphatic hydroxyl groups excluding tert-OH is 1. The van der Waals surface area contributed by atoms with Gasteiger partial charge in [0, 0.05) is 43.0 Å². The molecule has 31 heavy (non-hydrogen) atoms. The van der Waals surface area contributed by atoms with Crippen LogP contribution in [0, 0.1) is 25.2 Å². The van der Waals surface area contributed by atoms with Crippen LogP contribution in [-0.4, -0.2) is 38.2 Å². The maximum absolute atomic E-state index is 9.93. The van der Waals surface area contributed by atoms with Crippen LogP contribution in [0.2, 0.25) is 0 Å². The zero-order valence-electron chi connectivity index (χ0n) is 17.0. The summed E-state index contributed by atoms with van der Waals surface area (Å²) >= 11 is 0. The Morgan fingerprint density at radius 2 is 1.97 bits per heavy atom. The Morgan fingerprint density at radius 3 is 2.68 bits per heavy atom. The highest BCUT2D eigenvalue weighted by Crippen LogP contribution is 2.31. The van der Waals surface area contributed by atoms with Crippen LogP contribution in [0.25, 0.3) is 0 Å². The normalized spacial score (nSPS) is 13.5. The summed E-state index contributed by atoms with van der Waals surface area (Å²) < 4.78 is 0. The summed E-state index contributed by atoms with van der Waals surface area (Å²) in [4.78, 5) is 19.5. The summed E-state index contributed by atoms with van der Waals surface area (Å²) in [5, 5.41) is 22.8. The lowest BCUT2D eigenvalue weighted by Crippen LogP contribution is -2.33. The van der Waals surface area contributed by atoms with Gasteiger partial charge in [-0.15, -0.1) is 0 Å². The van der Waals surface area contributed by atoms with Crippen LogP contribution in [0.4, 0.5) is 11.5 Å². The van der Waals surface area contributed by atoms with Gasteiger partial charge in [0.25, 0.3) is 0 Å². The Labute approximate surface area is 182 Å². The second-order valence-electron chi connectivity index (χ2n) is 7.39. The molecular weight excluding hydrogens is 390 g/mol. The minimum absolute atomic E-state index is 0. The predicted molar refractivity (Wildman–Crippen MR) is 120 cm³/mol. The van der Waals surface area contributed by atoms with Gasteiger partial charge in [0.1, 0.15) is 24.0 Å². The molecule has 3 aromatic rings. The quantitative estimate of drug-likeness (QED) is 0.651. The molecule has 1 aromatic carbocycles. The lowest BCUT2D eigenvalue weighted by molar-refractivity contribution is 0.275. The molecule has 0 spiro atoms. The molecule has 1 aliphatic heterocycles. The van der Waals surface area contributed by atoms with Crippen molar-refractivity contribution in [3.63, 3.8) is 0 Å². The Balaban J connectivity index is 0.00000272. The molecule has 0 fully saturated rings. The Morgan fingerprint density at radius 1 is 1.19 bits per heavy atom. The standard InChI is InChI=1S/C22H23N7O.CH4/c1-14-3-4-21(16(7-14)8-23)29-6-5-19-18(11-29)22(27-13-26-19)28-20(12-30)17-9-24-15(2)25-10-17;/h3-4,7,9-10,13,20,30H,5-6,11-12H2,1-2H3,(H,26,27,28);1H4/t20-;/m1./s1. The fraction of sp³-hybridized carbons (Fsp3) is 0.348. The molecule has 1 atom stereocenters. The topological polar surface area (TPSA) is 111 Å². The number of nitriles is 1. The van der Waals surface area contributed by atoms with E-state index in [9.17, 15) is 10.4 Å². The van der Waals surface area contributed by atoms with Crippen LogP contribution in [-0.2, 0) is 13.0 Å². The van der Waals surface area contributed by atoms with E-state index in [4.69, 9.17) is 0 Å². The number of nitrogens with zero attached hydrogens (tertiary/aromatic N) is 6. The van der Waals surface area contributed by atoms with Gasteiger partial charge in [-0.25, -0.2) is 19.9 Å². The summed E-state index contributed by atoms with van der Waals surface area (Å²) in [5.41, 5.74) is 5.37. The average Bonchev–Trinajstić information content (AvgIpc) is 2.78. The van der Waals surface area contributed by atoms with Gasteiger partial charge >= 0.3 is 0 Å². The van der Waals surface area contributed by atoms with Gasteiger partial charge in [-0.1, -0.05) is 13.5 Å². The number of rotatable bonds is 5. The van der Waals surface area contributed by atoms with Crippen molar-refractivity contribution < 1.29 is 5.11 Å². The van der Waals surface area contributed by atoms with Gasteiger partial charge in [0.15, 0.2) is 0 Å². The Kier molecular flexibility index (Phi) is 6.78. The van der Waals surface area contributed by atoms with Gasteiger partial charge in [0.05, 0.1) is 29.6 Å². The van der Waals surface area contributed by atoms with Gasteiger partial charge in [0.2, 0.25) is 0 Å². The Bertz CT molecular complexity index is 1090. The number of aryl methyl sites for hydroxylation is 2. The third-order valence-corrected chi connectivity index (χ3v) is 5.31. The highest BCUT2D eigenvalue weighted by Gasteiger charge is 2.24. The average molecular weight is 418 g/mol.